The van der Waals surface area contributed by atoms with Gasteiger partial charge in [0.25, 0.3) is 0 Å². The molecular formula is C33H40N2O2. The minimum atomic E-state index is -0.125. The first-order valence-corrected chi connectivity index (χ1v) is 14.3. The lowest BCUT2D eigenvalue weighted by Gasteiger charge is -2.54. The molecular weight excluding hydrogens is 456 g/mol. The molecule has 1 aromatic rings. The van der Waals surface area contributed by atoms with Crippen LogP contribution in [0, 0.1) is 11.3 Å². The molecule has 0 unspecified atom stereocenters. The van der Waals surface area contributed by atoms with E-state index < -0.39 is 0 Å². The van der Waals surface area contributed by atoms with E-state index >= 15 is 0 Å². The lowest BCUT2D eigenvalue weighted by Crippen LogP contribution is -2.55. The quantitative estimate of drug-likeness (QED) is 0.582. The summed E-state index contributed by atoms with van der Waals surface area (Å²) in [6, 6.07) is 9.21. The second kappa shape index (κ2) is 8.62. The number of aromatic nitrogens is 1. The topological polar surface area (TPSA) is 34.6 Å². The van der Waals surface area contributed by atoms with Gasteiger partial charge in [-0.25, -0.2) is 0 Å². The Labute approximate surface area is 221 Å². The van der Waals surface area contributed by atoms with Crippen molar-refractivity contribution in [3.8, 4) is 0 Å². The average Bonchev–Trinajstić information content (AvgIpc) is 3.61. The minimum Gasteiger partial charge on any atom is -0.365 e. The van der Waals surface area contributed by atoms with Crippen molar-refractivity contribution >= 4 is 13.2 Å². The summed E-state index contributed by atoms with van der Waals surface area (Å²) in [6.45, 7) is 13.7. The van der Waals surface area contributed by atoms with Gasteiger partial charge in [-0.05, 0) is 102 Å². The van der Waals surface area contributed by atoms with E-state index in [1.54, 1.807) is 11.8 Å². The van der Waals surface area contributed by atoms with Gasteiger partial charge in [-0.15, -0.1) is 0 Å². The molecule has 37 heavy (non-hydrogen) atoms. The largest absolute Gasteiger partial charge is 0.365 e. The summed E-state index contributed by atoms with van der Waals surface area (Å²) >= 11 is 0. The Morgan fingerprint density at radius 3 is 2.86 bits per heavy atom. The molecule has 3 aliphatic carbocycles. The molecule has 6 atom stereocenters. The molecule has 4 nitrogen and oxygen atoms in total. The van der Waals surface area contributed by atoms with E-state index in [1.807, 2.05) is 12.3 Å². The Morgan fingerprint density at radius 1 is 1.08 bits per heavy atom. The average molecular weight is 497 g/mol. The van der Waals surface area contributed by atoms with Gasteiger partial charge in [-0.3, -0.25) is 9.88 Å². The SMILES string of the molecule is C=c1ccncc(=C)cc([C@H]2CC[C@@H]3[C@]2(C)CC=C2C=C4CC[C@@H](N5CCOC5)C[C@]45CC[C@@]23O5)cc1. The predicted molar refractivity (Wildman–Crippen MR) is 147 cm³/mol. The van der Waals surface area contributed by atoms with Crippen molar-refractivity contribution in [1.29, 1.82) is 0 Å². The summed E-state index contributed by atoms with van der Waals surface area (Å²) in [7, 11) is 0. The van der Waals surface area contributed by atoms with Crippen LogP contribution in [0.1, 0.15) is 69.8 Å². The predicted octanol–water partition coefficient (Wildman–Crippen LogP) is 4.93. The van der Waals surface area contributed by atoms with Crippen LogP contribution in [0.2, 0.25) is 0 Å². The summed E-state index contributed by atoms with van der Waals surface area (Å²) in [4.78, 5) is 6.94. The summed E-state index contributed by atoms with van der Waals surface area (Å²) < 4.78 is 13.2. The fourth-order valence-electron chi connectivity index (χ4n) is 9.01. The van der Waals surface area contributed by atoms with E-state index in [9.17, 15) is 0 Å². The molecule has 2 spiro atoms. The Balaban J connectivity index is 1.26. The third-order valence-corrected chi connectivity index (χ3v) is 10.8. The van der Waals surface area contributed by atoms with Crippen LogP contribution in [0.15, 0.2) is 60.0 Å². The standard InChI is InChI=1S/C33H40N2O2/c1-23-4-5-25(18-24(2)21-34-15-11-23)29-8-9-30-31(29,3)12-10-27-19-26-6-7-28(35-16-17-36-22-35)20-32(26)13-14-33(27,30)37-32/h4-5,10-11,15,18-19,21,28-30H,1-2,6-9,12-14,16-17,20,22H2,3H3/t28-,29-,30-,31-,32-,33-/m1/s1. The molecule has 0 aromatic carbocycles. The molecule has 4 fully saturated rings. The van der Waals surface area contributed by atoms with Gasteiger partial charge in [0, 0.05) is 25.0 Å². The second-order valence-corrected chi connectivity index (χ2v) is 12.7. The Bertz CT molecular complexity index is 1330. The van der Waals surface area contributed by atoms with Crippen molar-refractivity contribution < 1.29 is 9.47 Å². The van der Waals surface area contributed by atoms with Gasteiger partial charge in [0.2, 0.25) is 0 Å². The second-order valence-electron chi connectivity index (χ2n) is 12.7. The molecule has 194 valence electrons. The third-order valence-electron chi connectivity index (χ3n) is 10.8. The molecule has 7 rings (SSSR count). The van der Waals surface area contributed by atoms with Crippen LogP contribution in [-0.2, 0) is 9.47 Å². The first kappa shape index (κ1) is 23.8. The van der Waals surface area contributed by atoms with Crippen LogP contribution in [0.25, 0.3) is 13.2 Å². The number of allylic oxidation sites excluding steroid dienone is 1. The fourth-order valence-corrected chi connectivity index (χ4v) is 9.01. The van der Waals surface area contributed by atoms with Crippen LogP contribution >= 0.6 is 0 Å². The van der Waals surface area contributed by atoms with Crippen molar-refractivity contribution in [3.05, 3.63) is 76.0 Å². The molecule has 2 saturated carbocycles. The number of rotatable bonds is 2. The van der Waals surface area contributed by atoms with Crippen molar-refractivity contribution in [2.75, 3.05) is 19.9 Å². The molecule has 4 heterocycles. The van der Waals surface area contributed by atoms with E-state index in [0.717, 1.165) is 49.6 Å². The zero-order chi connectivity index (χ0) is 25.3. The highest BCUT2D eigenvalue weighted by Gasteiger charge is 2.66. The number of ether oxygens (including phenoxy) is 2. The zero-order valence-corrected chi connectivity index (χ0v) is 22.3. The molecule has 3 aliphatic heterocycles. The van der Waals surface area contributed by atoms with Crippen LogP contribution in [-0.4, -0.2) is 47.0 Å². The number of hydrogen-bond acceptors (Lipinski definition) is 4. The maximum atomic E-state index is 7.50. The molecule has 6 aliphatic rings. The highest BCUT2D eigenvalue weighted by Crippen LogP contribution is 2.69. The van der Waals surface area contributed by atoms with Crippen LogP contribution in [0.5, 0.6) is 0 Å². The fraction of sp³-hybridized carbons (Fsp3) is 0.545. The van der Waals surface area contributed by atoms with Crippen LogP contribution < -0.4 is 10.4 Å². The normalized spacial score (nSPS) is 40.2. The monoisotopic (exact) mass is 496 g/mol. The summed E-state index contributed by atoms with van der Waals surface area (Å²) in [5.74, 6) is 1.00. The third kappa shape index (κ3) is 3.63. The maximum absolute atomic E-state index is 7.50. The van der Waals surface area contributed by atoms with Crippen molar-refractivity contribution in [2.24, 2.45) is 11.3 Å². The molecule has 2 saturated heterocycles. The van der Waals surface area contributed by atoms with Gasteiger partial charge >= 0.3 is 0 Å². The maximum Gasteiger partial charge on any atom is 0.0994 e. The number of fused-ring (bicyclic) bond motifs is 1. The number of hydrogen-bond donors (Lipinski definition) is 0. The first-order valence-electron chi connectivity index (χ1n) is 14.3. The smallest absolute Gasteiger partial charge is 0.0994 e. The number of nitrogens with zero attached hydrogens (tertiary/aromatic N) is 2. The molecule has 4 heteroatoms. The minimum absolute atomic E-state index is 0.0659. The molecule has 0 amide bonds. The van der Waals surface area contributed by atoms with E-state index in [-0.39, 0.29) is 16.6 Å². The molecule has 2 bridgehead atoms. The van der Waals surface area contributed by atoms with Crippen molar-refractivity contribution in [3.63, 3.8) is 0 Å². The van der Waals surface area contributed by atoms with E-state index in [1.165, 1.54) is 43.2 Å². The van der Waals surface area contributed by atoms with Gasteiger partial charge in [0.15, 0.2) is 0 Å². The van der Waals surface area contributed by atoms with Gasteiger partial charge < -0.3 is 9.47 Å². The Hall–Kier alpha value is -2.27. The molecule has 0 radical (unpaired) electrons. The Kier molecular flexibility index (Phi) is 5.55. The first-order chi connectivity index (χ1) is 17.9. The van der Waals surface area contributed by atoms with Gasteiger partial charge in [0.05, 0.1) is 24.5 Å². The molecule has 0 N–H and O–H groups in total. The zero-order valence-electron chi connectivity index (χ0n) is 22.3. The highest BCUT2D eigenvalue weighted by atomic mass is 16.5. The van der Waals surface area contributed by atoms with Gasteiger partial charge in [-0.1, -0.05) is 50.4 Å². The summed E-state index contributed by atoms with van der Waals surface area (Å²) in [5, 5.41) is 1.93. The van der Waals surface area contributed by atoms with E-state index in [2.05, 4.69) is 60.3 Å². The van der Waals surface area contributed by atoms with E-state index in [0.29, 0.717) is 17.9 Å². The summed E-state index contributed by atoms with van der Waals surface area (Å²) in [5.41, 5.74) is 4.39. The lowest BCUT2D eigenvalue weighted by molar-refractivity contribution is -0.141. The van der Waals surface area contributed by atoms with Gasteiger partial charge in [-0.2, -0.15) is 0 Å². The lowest BCUT2D eigenvalue weighted by atomic mass is 9.58. The highest BCUT2D eigenvalue weighted by molar-refractivity contribution is 5.48. The van der Waals surface area contributed by atoms with Crippen LogP contribution in [0.4, 0.5) is 0 Å². The van der Waals surface area contributed by atoms with Crippen molar-refractivity contribution in [2.45, 2.75) is 81.5 Å². The van der Waals surface area contributed by atoms with Gasteiger partial charge in [0.1, 0.15) is 0 Å². The summed E-state index contributed by atoms with van der Waals surface area (Å²) in [6.07, 6.45) is 18.2. The van der Waals surface area contributed by atoms with E-state index in [4.69, 9.17) is 9.47 Å². The Morgan fingerprint density at radius 2 is 2.00 bits per heavy atom. The molecule has 1 aromatic heterocycles. The van der Waals surface area contributed by atoms with Crippen molar-refractivity contribution in [1.82, 2.24) is 9.88 Å². The van der Waals surface area contributed by atoms with Crippen LogP contribution in [0.3, 0.4) is 0 Å².